The zero-order valence-corrected chi connectivity index (χ0v) is 12.9. The van der Waals surface area contributed by atoms with Gasteiger partial charge in [0, 0.05) is 13.1 Å². The molecule has 5 heteroatoms. The number of aromatic amines is 1. The quantitative estimate of drug-likeness (QED) is 0.882. The molecule has 0 aliphatic carbocycles. The van der Waals surface area contributed by atoms with Crippen LogP contribution in [-0.4, -0.2) is 41.7 Å². The highest BCUT2D eigenvalue weighted by Gasteiger charge is 2.19. The Bertz CT molecular complexity index is 661. The fourth-order valence-corrected chi connectivity index (χ4v) is 3.46. The summed E-state index contributed by atoms with van der Waals surface area (Å²) in [7, 11) is 3.89. The summed E-state index contributed by atoms with van der Waals surface area (Å²) < 4.78 is 8.41. The zero-order chi connectivity index (χ0) is 14.1. The fourth-order valence-electron chi connectivity index (χ4n) is 3.19. The topological polar surface area (TPSA) is 33.2 Å². The zero-order valence-electron chi connectivity index (χ0n) is 12.1. The lowest BCUT2D eigenvalue weighted by Crippen LogP contribution is -2.34. The molecule has 0 spiro atoms. The molecule has 20 heavy (non-hydrogen) atoms. The number of nitrogens with one attached hydrogen (secondary N) is 1. The number of nitrogens with zero attached hydrogens (tertiary/aromatic N) is 2. The lowest BCUT2D eigenvalue weighted by atomic mass is 9.98. The molecule has 0 amide bonds. The number of imidazole rings is 1. The van der Waals surface area contributed by atoms with Crippen LogP contribution in [0.3, 0.4) is 0 Å². The van der Waals surface area contributed by atoms with Gasteiger partial charge in [-0.15, -0.1) is 0 Å². The second-order valence-corrected chi connectivity index (χ2v) is 6.05. The molecule has 1 N–H and O–H groups in total. The summed E-state index contributed by atoms with van der Waals surface area (Å²) in [6.07, 6.45) is 2.56. The maximum atomic E-state index is 5.50. The van der Waals surface area contributed by atoms with Crippen LogP contribution in [0.25, 0.3) is 11.0 Å². The number of fused-ring (bicyclic) bond motifs is 1. The summed E-state index contributed by atoms with van der Waals surface area (Å²) in [5, 5.41) is 0. The van der Waals surface area contributed by atoms with Crippen molar-refractivity contribution in [2.45, 2.75) is 19.4 Å². The van der Waals surface area contributed by atoms with Crippen LogP contribution in [-0.2, 0) is 6.54 Å². The molecule has 1 aliphatic rings. The molecule has 1 unspecified atom stereocenters. The number of para-hydroxylation sites is 1. The first kappa shape index (κ1) is 13.6. The van der Waals surface area contributed by atoms with Gasteiger partial charge in [0.05, 0.1) is 12.6 Å². The molecule has 4 nitrogen and oxygen atoms in total. The molecular weight excluding hydrogens is 270 g/mol. The molecule has 0 saturated carbocycles. The molecule has 1 atom stereocenters. The third-order valence-corrected chi connectivity index (χ3v) is 4.48. The van der Waals surface area contributed by atoms with Crippen LogP contribution < -0.4 is 4.74 Å². The van der Waals surface area contributed by atoms with Crippen molar-refractivity contribution in [3.63, 3.8) is 0 Å². The molecule has 0 radical (unpaired) electrons. The number of benzene rings is 1. The molecule has 1 fully saturated rings. The van der Waals surface area contributed by atoms with E-state index in [1.807, 2.05) is 12.1 Å². The van der Waals surface area contributed by atoms with Crippen LogP contribution in [0.4, 0.5) is 0 Å². The van der Waals surface area contributed by atoms with Crippen LogP contribution in [0.5, 0.6) is 5.75 Å². The lowest BCUT2D eigenvalue weighted by Gasteiger charge is -2.29. The van der Waals surface area contributed by atoms with Gasteiger partial charge in [-0.1, -0.05) is 6.07 Å². The highest BCUT2D eigenvalue weighted by atomic mass is 32.1. The average Bonchev–Trinajstić information content (AvgIpc) is 2.75. The SMILES string of the molecule is COc1cccc2c1[nH]c(=S)n2CC1CCCN(C)C1. The number of likely N-dealkylation sites (tertiary alicyclic amines) is 1. The molecule has 2 aromatic rings. The van der Waals surface area contributed by atoms with Crippen molar-refractivity contribution in [2.24, 2.45) is 5.92 Å². The molecule has 0 bridgehead atoms. The van der Waals surface area contributed by atoms with E-state index in [1.54, 1.807) is 7.11 Å². The Hall–Kier alpha value is -1.33. The molecule has 1 aliphatic heterocycles. The highest BCUT2D eigenvalue weighted by Crippen LogP contribution is 2.26. The van der Waals surface area contributed by atoms with Gasteiger partial charge < -0.3 is 19.2 Å². The van der Waals surface area contributed by atoms with E-state index in [4.69, 9.17) is 17.0 Å². The van der Waals surface area contributed by atoms with Gasteiger partial charge in [-0.2, -0.15) is 0 Å². The summed E-state index contributed by atoms with van der Waals surface area (Å²) in [4.78, 5) is 5.70. The molecular formula is C15H21N3OS. The van der Waals surface area contributed by atoms with Crippen LogP contribution in [0, 0.1) is 10.7 Å². The predicted molar refractivity (Wildman–Crippen MR) is 83.9 cm³/mol. The monoisotopic (exact) mass is 291 g/mol. The van der Waals surface area contributed by atoms with E-state index in [-0.39, 0.29) is 0 Å². The number of ether oxygens (including phenoxy) is 1. The van der Waals surface area contributed by atoms with Gasteiger partial charge in [-0.05, 0) is 56.7 Å². The van der Waals surface area contributed by atoms with Crippen molar-refractivity contribution >= 4 is 23.3 Å². The summed E-state index contributed by atoms with van der Waals surface area (Å²) in [6, 6.07) is 6.09. The Morgan fingerprint density at radius 3 is 3.05 bits per heavy atom. The number of hydrogen-bond acceptors (Lipinski definition) is 3. The Morgan fingerprint density at radius 1 is 1.45 bits per heavy atom. The number of piperidine rings is 1. The lowest BCUT2D eigenvalue weighted by molar-refractivity contribution is 0.195. The normalized spacial score (nSPS) is 20.4. The molecule has 108 valence electrons. The van der Waals surface area contributed by atoms with Crippen molar-refractivity contribution in [3.05, 3.63) is 23.0 Å². The number of hydrogen-bond donors (Lipinski definition) is 1. The molecule has 1 aromatic carbocycles. The summed E-state index contributed by atoms with van der Waals surface area (Å²) in [6.45, 7) is 3.35. The van der Waals surface area contributed by atoms with Crippen LogP contribution >= 0.6 is 12.2 Å². The first-order chi connectivity index (χ1) is 9.69. The van der Waals surface area contributed by atoms with E-state index in [2.05, 4.69) is 27.6 Å². The van der Waals surface area contributed by atoms with E-state index in [9.17, 15) is 0 Å². The summed E-state index contributed by atoms with van der Waals surface area (Å²) in [5.74, 6) is 1.53. The standard InChI is InChI=1S/C15H21N3OS/c1-17-8-4-5-11(9-17)10-18-12-6-3-7-13(19-2)14(12)16-15(18)20/h3,6-7,11H,4-5,8-10H2,1-2H3,(H,16,20). The van der Waals surface area contributed by atoms with Gasteiger partial charge in [-0.25, -0.2) is 0 Å². The molecule has 1 saturated heterocycles. The Kier molecular flexibility index (Phi) is 3.81. The Labute approximate surface area is 124 Å². The number of H-pyrrole nitrogens is 1. The van der Waals surface area contributed by atoms with E-state index in [0.717, 1.165) is 34.6 Å². The second-order valence-electron chi connectivity index (χ2n) is 5.67. The van der Waals surface area contributed by atoms with E-state index in [0.29, 0.717) is 5.92 Å². The van der Waals surface area contributed by atoms with Crippen LogP contribution in [0.2, 0.25) is 0 Å². The maximum Gasteiger partial charge on any atom is 0.178 e. The molecule has 3 rings (SSSR count). The van der Waals surface area contributed by atoms with Crippen molar-refractivity contribution in [3.8, 4) is 5.75 Å². The van der Waals surface area contributed by atoms with Crippen LogP contribution in [0.15, 0.2) is 18.2 Å². The van der Waals surface area contributed by atoms with Gasteiger partial charge in [0.2, 0.25) is 0 Å². The predicted octanol–water partition coefficient (Wildman–Crippen LogP) is 3.05. The minimum Gasteiger partial charge on any atom is -0.494 e. The van der Waals surface area contributed by atoms with Crippen LogP contribution in [0.1, 0.15) is 12.8 Å². The maximum absolute atomic E-state index is 5.50. The largest absolute Gasteiger partial charge is 0.494 e. The van der Waals surface area contributed by atoms with Crippen molar-refractivity contribution in [1.82, 2.24) is 14.5 Å². The number of aromatic nitrogens is 2. The minimum absolute atomic E-state index is 0.672. The first-order valence-electron chi connectivity index (χ1n) is 7.13. The van der Waals surface area contributed by atoms with E-state index in [1.165, 1.54) is 19.4 Å². The Morgan fingerprint density at radius 2 is 2.30 bits per heavy atom. The fraction of sp³-hybridized carbons (Fsp3) is 0.533. The van der Waals surface area contributed by atoms with Gasteiger partial charge >= 0.3 is 0 Å². The third kappa shape index (κ3) is 2.47. The van der Waals surface area contributed by atoms with E-state index < -0.39 is 0 Å². The van der Waals surface area contributed by atoms with E-state index >= 15 is 0 Å². The van der Waals surface area contributed by atoms with Gasteiger partial charge in [-0.3, -0.25) is 0 Å². The second kappa shape index (κ2) is 5.58. The molecule has 1 aromatic heterocycles. The van der Waals surface area contributed by atoms with Crippen molar-refractivity contribution in [1.29, 1.82) is 0 Å². The van der Waals surface area contributed by atoms with Gasteiger partial charge in [0.1, 0.15) is 11.3 Å². The number of methoxy groups -OCH3 is 1. The highest BCUT2D eigenvalue weighted by molar-refractivity contribution is 7.71. The summed E-state index contributed by atoms with van der Waals surface area (Å²) >= 11 is 5.50. The number of rotatable bonds is 3. The average molecular weight is 291 g/mol. The van der Waals surface area contributed by atoms with Crippen molar-refractivity contribution in [2.75, 3.05) is 27.2 Å². The Balaban J connectivity index is 1.95. The first-order valence-corrected chi connectivity index (χ1v) is 7.54. The van der Waals surface area contributed by atoms with Gasteiger partial charge in [0.25, 0.3) is 0 Å². The smallest absolute Gasteiger partial charge is 0.178 e. The molecule has 2 heterocycles. The van der Waals surface area contributed by atoms with Crippen molar-refractivity contribution < 1.29 is 4.74 Å². The summed E-state index contributed by atoms with van der Waals surface area (Å²) in [5.41, 5.74) is 2.15. The third-order valence-electron chi connectivity index (χ3n) is 4.15. The minimum atomic E-state index is 0.672. The van der Waals surface area contributed by atoms with Gasteiger partial charge in [0.15, 0.2) is 4.77 Å².